The molecule has 0 aliphatic carbocycles. The van der Waals surface area contributed by atoms with Gasteiger partial charge in [-0.3, -0.25) is 9.80 Å². The molecule has 8 heteroatoms. The van der Waals surface area contributed by atoms with Crippen LogP contribution in [0.2, 0.25) is 0 Å². The third-order valence-corrected chi connectivity index (χ3v) is 4.09. The predicted octanol–water partition coefficient (Wildman–Crippen LogP) is 1.53. The highest BCUT2D eigenvalue weighted by Gasteiger charge is 2.28. The molecule has 106 valence electrons. The van der Waals surface area contributed by atoms with E-state index < -0.39 is 5.51 Å². The second-order valence-electron chi connectivity index (χ2n) is 4.25. The van der Waals surface area contributed by atoms with E-state index in [-0.39, 0.29) is 23.6 Å². The van der Waals surface area contributed by atoms with Gasteiger partial charge >= 0.3 is 5.51 Å². The molecule has 1 atom stereocenters. The van der Waals surface area contributed by atoms with E-state index in [1.54, 1.807) is 0 Å². The van der Waals surface area contributed by atoms with Gasteiger partial charge < -0.3 is 5.73 Å². The third kappa shape index (κ3) is 5.73. The number of thiocarbonyl (C=S) groups is 1. The Hall–Kier alpha value is -0.0500. The Morgan fingerprint density at radius 2 is 1.89 bits per heavy atom. The van der Waals surface area contributed by atoms with E-state index in [0.717, 1.165) is 26.2 Å². The van der Waals surface area contributed by atoms with Crippen molar-refractivity contribution in [2.75, 3.05) is 38.5 Å². The van der Waals surface area contributed by atoms with Crippen LogP contribution in [0.4, 0.5) is 13.2 Å². The molecule has 1 fully saturated rings. The summed E-state index contributed by atoms with van der Waals surface area (Å²) in [5, 5.41) is 0. The summed E-state index contributed by atoms with van der Waals surface area (Å²) in [5.41, 5.74) is 1.45. The average Bonchev–Trinajstić information content (AvgIpc) is 2.27. The van der Waals surface area contributed by atoms with Crippen LogP contribution in [0.1, 0.15) is 6.92 Å². The highest BCUT2D eigenvalue weighted by atomic mass is 32.2. The van der Waals surface area contributed by atoms with E-state index in [2.05, 4.69) is 4.90 Å². The molecule has 3 nitrogen and oxygen atoms in total. The molecular formula is C10H18F3N3S2. The smallest absolute Gasteiger partial charge is 0.392 e. The summed E-state index contributed by atoms with van der Waals surface area (Å²) in [4.78, 5) is 4.67. The van der Waals surface area contributed by atoms with Crippen molar-refractivity contribution in [3.8, 4) is 0 Å². The van der Waals surface area contributed by atoms with Crippen molar-refractivity contribution in [2.24, 2.45) is 5.73 Å². The Bertz CT molecular complexity index is 278. The van der Waals surface area contributed by atoms with Crippen molar-refractivity contribution in [1.82, 2.24) is 9.80 Å². The van der Waals surface area contributed by atoms with Crippen molar-refractivity contribution in [1.29, 1.82) is 0 Å². The first-order chi connectivity index (χ1) is 8.29. The number of hydrogen-bond donors (Lipinski definition) is 1. The minimum absolute atomic E-state index is 0.0432. The van der Waals surface area contributed by atoms with Crippen LogP contribution in [-0.4, -0.2) is 64.8 Å². The van der Waals surface area contributed by atoms with Crippen molar-refractivity contribution < 1.29 is 13.2 Å². The third-order valence-electron chi connectivity index (χ3n) is 3.04. The highest BCUT2D eigenvalue weighted by Crippen LogP contribution is 2.29. The molecule has 0 spiro atoms. The van der Waals surface area contributed by atoms with Crippen LogP contribution < -0.4 is 5.73 Å². The summed E-state index contributed by atoms with van der Waals surface area (Å²) < 4.78 is 35.9. The maximum absolute atomic E-state index is 12.0. The minimum atomic E-state index is -4.12. The van der Waals surface area contributed by atoms with Gasteiger partial charge in [-0.1, -0.05) is 12.2 Å². The maximum atomic E-state index is 12.0. The zero-order valence-electron chi connectivity index (χ0n) is 10.2. The zero-order valence-corrected chi connectivity index (χ0v) is 11.9. The standard InChI is InChI=1S/C10H18F3N3S2/c1-8(9(14)17)16-4-2-15(3-5-16)6-7-18-10(11,12)13/h8H,2-7H2,1H3,(H2,14,17). The highest BCUT2D eigenvalue weighted by molar-refractivity contribution is 8.00. The molecule has 1 saturated heterocycles. The lowest BCUT2D eigenvalue weighted by Gasteiger charge is -2.37. The van der Waals surface area contributed by atoms with Gasteiger partial charge in [-0.2, -0.15) is 13.2 Å². The number of nitrogens with zero attached hydrogens (tertiary/aromatic N) is 2. The molecule has 0 saturated carbocycles. The average molecular weight is 301 g/mol. The quantitative estimate of drug-likeness (QED) is 0.779. The number of hydrogen-bond acceptors (Lipinski definition) is 4. The lowest BCUT2D eigenvalue weighted by atomic mass is 10.2. The van der Waals surface area contributed by atoms with E-state index in [1.165, 1.54) is 0 Å². The summed E-state index contributed by atoms with van der Waals surface area (Å²) in [6.45, 7) is 5.57. The first-order valence-corrected chi connectivity index (χ1v) is 7.15. The van der Waals surface area contributed by atoms with E-state index in [0.29, 0.717) is 11.5 Å². The lowest BCUT2D eigenvalue weighted by Crippen LogP contribution is -2.53. The summed E-state index contributed by atoms with van der Waals surface area (Å²) in [5.74, 6) is 0.0916. The van der Waals surface area contributed by atoms with E-state index >= 15 is 0 Å². The van der Waals surface area contributed by atoms with Crippen LogP contribution in [0.3, 0.4) is 0 Å². The SMILES string of the molecule is CC(C(N)=S)N1CCN(CCSC(F)(F)F)CC1. The number of nitrogens with two attached hydrogens (primary N) is 1. The number of halogens is 3. The fourth-order valence-electron chi connectivity index (χ4n) is 1.84. The van der Waals surface area contributed by atoms with E-state index in [4.69, 9.17) is 18.0 Å². The zero-order chi connectivity index (χ0) is 13.8. The Balaban J connectivity index is 2.21. The molecule has 18 heavy (non-hydrogen) atoms. The topological polar surface area (TPSA) is 32.5 Å². The summed E-state index contributed by atoms with van der Waals surface area (Å²) >= 11 is 4.98. The van der Waals surface area contributed by atoms with Crippen LogP contribution in [0.15, 0.2) is 0 Å². The molecule has 2 N–H and O–H groups in total. The molecule has 1 unspecified atom stereocenters. The van der Waals surface area contributed by atoms with Gasteiger partial charge in [0.15, 0.2) is 0 Å². The van der Waals surface area contributed by atoms with Gasteiger partial charge in [0.2, 0.25) is 0 Å². The normalized spacial score (nSPS) is 20.9. The van der Waals surface area contributed by atoms with Gasteiger partial charge in [-0.25, -0.2) is 0 Å². The summed E-state index contributed by atoms with van der Waals surface area (Å²) in [6.07, 6.45) is 0. The molecule has 0 radical (unpaired) electrons. The Labute approximate surface area is 115 Å². The molecule has 0 aromatic heterocycles. The second kappa shape index (κ2) is 6.93. The Kier molecular flexibility index (Phi) is 6.16. The number of thioether (sulfide) groups is 1. The number of rotatable bonds is 5. The molecule has 1 rings (SSSR count). The van der Waals surface area contributed by atoms with Gasteiger partial charge in [-0.05, 0) is 18.7 Å². The van der Waals surface area contributed by atoms with Gasteiger partial charge in [0.1, 0.15) is 0 Å². The first-order valence-electron chi connectivity index (χ1n) is 5.76. The first kappa shape index (κ1) is 16.0. The Morgan fingerprint density at radius 1 is 1.33 bits per heavy atom. The van der Waals surface area contributed by atoms with Crippen molar-refractivity contribution in [3.05, 3.63) is 0 Å². The molecule has 1 aliphatic rings. The Morgan fingerprint density at radius 3 is 2.33 bits per heavy atom. The molecule has 1 aliphatic heterocycles. The predicted molar refractivity (Wildman–Crippen MR) is 72.8 cm³/mol. The van der Waals surface area contributed by atoms with Crippen LogP contribution in [0.5, 0.6) is 0 Å². The van der Waals surface area contributed by atoms with Crippen LogP contribution in [0, 0.1) is 0 Å². The van der Waals surface area contributed by atoms with Crippen LogP contribution in [-0.2, 0) is 0 Å². The summed E-state index contributed by atoms with van der Waals surface area (Å²) in [7, 11) is 0. The fraction of sp³-hybridized carbons (Fsp3) is 0.900. The largest absolute Gasteiger partial charge is 0.441 e. The monoisotopic (exact) mass is 301 g/mol. The number of piperazine rings is 1. The van der Waals surface area contributed by atoms with Crippen molar-refractivity contribution in [2.45, 2.75) is 18.5 Å². The van der Waals surface area contributed by atoms with Gasteiger partial charge in [0, 0.05) is 38.5 Å². The van der Waals surface area contributed by atoms with Crippen LogP contribution in [0.25, 0.3) is 0 Å². The van der Waals surface area contributed by atoms with Crippen molar-refractivity contribution >= 4 is 29.0 Å². The van der Waals surface area contributed by atoms with E-state index in [9.17, 15) is 13.2 Å². The molecule has 0 amide bonds. The molecule has 1 heterocycles. The fourth-order valence-corrected chi connectivity index (χ4v) is 2.57. The van der Waals surface area contributed by atoms with Crippen LogP contribution >= 0.6 is 24.0 Å². The number of alkyl halides is 3. The van der Waals surface area contributed by atoms with E-state index in [1.807, 2.05) is 11.8 Å². The van der Waals surface area contributed by atoms with Crippen molar-refractivity contribution in [3.63, 3.8) is 0 Å². The molecular weight excluding hydrogens is 283 g/mol. The maximum Gasteiger partial charge on any atom is 0.441 e. The molecule has 0 aromatic rings. The van der Waals surface area contributed by atoms with Gasteiger partial charge in [0.05, 0.1) is 11.0 Å². The van der Waals surface area contributed by atoms with Gasteiger partial charge in [0.25, 0.3) is 0 Å². The lowest BCUT2D eigenvalue weighted by molar-refractivity contribution is -0.0329. The second-order valence-corrected chi connectivity index (χ2v) is 5.88. The van der Waals surface area contributed by atoms with Gasteiger partial charge in [-0.15, -0.1) is 0 Å². The minimum Gasteiger partial charge on any atom is -0.392 e. The molecule has 0 bridgehead atoms. The summed E-state index contributed by atoms with van der Waals surface area (Å²) in [6, 6.07) is 0.0618. The molecule has 0 aromatic carbocycles.